The molecule has 1 aliphatic rings. The van der Waals surface area contributed by atoms with E-state index in [4.69, 9.17) is 0 Å². The highest BCUT2D eigenvalue weighted by Gasteiger charge is 2.31. The summed E-state index contributed by atoms with van der Waals surface area (Å²) in [6.45, 7) is 0.650. The van der Waals surface area contributed by atoms with Gasteiger partial charge in [-0.2, -0.15) is 5.10 Å². The average Bonchev–Trinajstić information content (AvgIpc) is 3.50. The van der Waals surface area contributed by atoms with E-state index in [-0.39, 0.29) is 17.8 Å². The maximum Gasteiger partial charge on any atom is 0.274 e. The van der Waals surface area contributed by atoms with Crippen molar-refractivity contribution in [2.75, 3.05) is 6.54 Å². The van der Waals surface area contributed by atoms with Gasteiger partial charge in [0.1, 0.15) is 11.6 Å². The summed E-state index contributed by atoms with van der Waals surface area (Å²) in [4.78, 5) is 23.0. The highest BCUT2D eigenvalue weighted by Crippen LogP contribution is 2.31. The number of carbonyl (C=O) groups is 1. The smallest absolute Gasteiger partial charge is 0.274 e. The predicted molar refractivity (Wildman–Crippen MR) is 115 cm³/mol. The minimum Gasteiger partial charge on any atom is -0.340 e. The summed E-state index contributed by atoms with van der Waals surface area (Å²) in [5.74, 6) is 0.315. The van der Waals surface area contributed by atoms with E-state index < -0.39 is 0 Å². The highest BCUT2D eigenvalue weighted by atomic mass is 19.1. The van der Waals surface area contributed by atoms with E-state index in [2.05, 4.69) is 15.1 Å². The lowest BCUT2D eigenvalue weighted by Gasteiger charge is -2.34. The van der Waals surface area contributed by atoms with Crippen molar-refractivity contribution in [2.45, 2.75) is 25.3 Å². The second-order valence-corrected chi connectivity index (χ2v) is 7.68. The number of aromatic nitrogens is 4. The van der Waals surface area contributed by atoms with Gasteiger partial charge in [0.25, 0.3) is 5.91 Å². The predicted octanol–water partition coefficient (Wildman–Crippen LogP) is 4.77. The molecule has 0 unspecified atom stereocenters. The zero-order valence-corrected chi connectivity index (χ0v) is 16.9. The van der Waals surface area contributed by atoms with Crippen molar-refractivity contribution in [1.29, 1.82) is 0 Å². The Balaban J connectivity index is 1.40. The number of piperidine rings is 1. The molecule has 7 heteroatoms. The maximum absolute atomic E-state index is 13.6. The van der Waals surface area contributed by atoms with Crippen LogP contribution in [0.1, 0.15) is 41.6 Å². The van der Waals surface area contributed by atoms with Crippen LogP contribution >= 0.6 is 0 Å². The number of hydrogen-bond donors (Lipinski definition) is 1. The number of nitrogens with one attached hydrogen (secondary N) is 1. The van der Waals surface area contributed by atoms with Crippen molar-refractivity contribution < 1.29 is 9.18 Å². The van der Waals surface area contributed by atoms with Crippen molar-refractivity contribution in [3.8, 4) is 16.9 Å². The van der Waals surface area contributed by atoms with Crippen LogP contribution in [0.25, 0.3) is 16.9 Å². The molecular formula is C24H22FN5O. The van der Waals surface area contributed by atoms with Crippen LogP contribution in [-0.2, 0) is 0 Å². The molecule has 3 heterocycles. The molecule has 2 aromatic carbocycles. The van der Waals surface area contributed by atoms with E-state index in [1.165, 1.54) is 12.1 Å². The van der Waals surface area contributed by atoms with Gasteiger partial charge in [-0.15, -0.1) is 0 Å². The van der Waals surface area contributed by atoms with Crippen LogP contribution in [-0.4, -0.2) is 37.1 Å². The van der Waals surface area contributed by atoms with Gasteiger partial charge in [0.2, 0.25) is 0 Å². The summed E-state index contributed by atoms with van der Waals surface area (Å²) < 4.78 is 15.3. The maximum atomic E-state index is 13.6. The van der Waals surface area contributed by atoms with Gasteiger partial charge in [0.15, 0.2) is 5.69 Å². The molecule has 1 amide bonds. The van der Waals surface area contributed by atoms with Crippen molar-refractivity contribution in [3.63, 3.8) is 0 Å². The Bertz CT molecular complexity index is 1200. The number of nitrogens with zero attached hydrogens (tertiary/aromatic N) is 4. The molecule has 1 N–H and O–H groups in total. The SMILES string of the molecule is O=C(c1ccn(-c2ccccc2)n1)N1CCCC[C@H]1c1ncc(-c2cccc(F)c2)[nH]1. The summed E-state index contributed by atoms with van der Waals surface area (Å²) in [6, 6.07) is 17.7. The fourth-order valence-electron chi connectivity index (χ4n) is 4.08. The normalized spacial score (nSPS) is 16.4. The number of likely N-dealkylation sites (tertiary alicyclic amines) is 1. The number of hydrogen-bond acceptors (Lipinski definition) is 3. The minimum atomic E-state index is -0.294. The number of H-pyrrole nitrogens is 1. The molecule has 156 valence electrons. The van der Waals surface area contributed by atoms with E-state index in [0.29, 0.717) is 12.2 Å². The number of carbonyl (C=O) groups excluding carboxylic acids is 1. The largest absolute Gasteiger partial charge is 0.340 e. The van der Waals surface area contributed by atoms with Crippen LogP contribution in [0.3, 0.4) is 0 Å². The third kappa shape index (κ3) is 3.86. The van der Waals surface area contributed by atoms with Gasteiger partial charge in [-0.3, -0.25) is 4.79 Å². The molecule has 0 radical (unpaired) electrons. The summed E-state index contributed by atoms with van der Waals surface area (Å²) in [5, 5.41) is 4.50. The third-order valence-corrected chi connectivity index (χ3v) is 5.64. The number of rotatable bonds is 4. The number of halogens is 1. The van der Waals surface area contributed by atoms with Crippen LogP contribution < -0.4 is 0 Å². The van der Waals surface area contributed by atoms with Gasteiger partial charge in [0.05, 0.1) is 23.6 Å². The molecule has 31 heavy (non-hydrogen) atoms. The summed E-state index contributed by atoms with van der Waals surface area (Å²) in [7, 11) is 0. The second-order valence-electron chi connectivity index (χ2n) is 7.68. The lowest BCUT2D eigenvalue weighted by Crippen LogP contribution is -2.39. The fraction of sp³-hybridized carbons (Fsp3) is 0.208. The van der Waals surface area contributed by atoms with Crippen molar-refractivity contribution in [3.05, 3.63) is 90.4 Å². The topological polar surface area (TPSA) is 66.8 Å². The molecule has 0 spiro atoms. The zero-order chi connectivity index (χ0) is 21.2. The fourth-order valence-corrected chi connectivity index (χ4v) is 4.08. The Morgan fingerprint density at radius 1 is 1.06 bits per heavy atom. The molecule has 1 aliphatic heterocycles. The van der Waals surface area contributed by atoms with Gasteiger partial charge >= 0.3 is 0 Å². The molecule has 1 saturated heterocycles. The summed E-state index contributed by atoms with van der Waals surface area (Å²) >= 11 is 0. The lowest BCUT2D eigenvalue weighted by atomic mass is 10.0. The van der Waals surface area contributed by atoms with Crippen molar-refractivity contribution >= 4 is 5.91 Å². The summed E-state index contributed by atoms with van der Waals surface area (Å²) in [6.07, 6.45) is 6.28. The van der Waals surface area contributed by atoms with E-state index in [0.717, 1.165) is 42.0 Å². The molecule has 4 aromatic rings. The first kappa shape index (κ1) is 19.2. The summed E-state index contributed by atoms with van der Waals surface area (Å²) in [5.41, 5.74) is 2.78. The molecule has 1 fully saturated rings. The number of para-hydroxylation sites is 1. The lowest BCUT2D eigenvalue weighted by molar-refractivity contribution is 0.0594. The Hall–Kier alpha value is -3.74. The van der Waals surface area contributed by atoms with Crippen molar-refractivity contribution in [2.24, 2.45) is 0 Å². The first-order valence-corrected chi connectivity index (χ1v) is 10.4. The molecule has 2 aromatic heterocycles. The molecule has 0 saturated carbocycles. The minimum absolute atomic E-state index is 0.108. The van der Waals surface area contributed by atoms with Crippen LogP contribution in [0.4, 0.5) is 4.39 Å². The van der Waals surface area contributed by atoms with Crippen LogP contribution in [0, 0.1) is 5.82 Å². The second kappa shape index (κ2) is 8.18. The molecule has 5 rings (SSSR count). The molecule has 6 nitrogen and oxygen atoms in total. The number of aromatic amines is 1. The van der Waals surface area contributed by atoms with Gasteiger partial charge in [-0.05, 0) is 49.6 Å². The first-order chi connectivity index (χ1) is 15.2. The molecular weight excluding hydrogens is 393 g/mol. The van der Waals surface area contributed by atoms with E-state index in [1.807, 2.05) is 41.3 Å². The Morgan fingerprint density at radius 3 is 2.77 bits per heavy atom. The monoisotopic (exact) mass is 415 g/mol. The van der Waals surface area contributed by atoms with E-state index in [1.54, 1.807) is 29.2 Å². The average molecular weight is 415 g/mol. The molecule has 1 atom stereocenters. The van der Waals surface area contributed by atoms with Crippen molar-refractivity contribution in [1.82, 2.24) is 24.6 Å². The Labute approximate surface area is 179 Å². The van der Waals surface area contributed by atoms with Crippen LogP contribution in [0.2, 0.25) is 0 Å². The van der Waals surface area contributed by atoms with Crippen LogP contribution in [0.15, 0.2) is 73.1 Å². The van der Waals surface area contributed by atoms with E-state index >= 15 is 0 Å². The quantitative estimate of drug-likeness (QED) is 0.522. The zero-order valence-electron chi connectivity index (χ0n) is 16.9. The number of benzene rings is 2. The standard InChI is InChI=1S/C24H22FN5O/c25-18-8-6-7-17(15-18)21-16-26-23(27-21)22-11-4-5-13-29(22)24(31)20-12-14-30(28-20)19-9-2-1-3-10-19/h1-3,6-10,12,14-16,22H,4-5,11,13H2,(H,26,27)/t22-/m0/s1. The highest BCUT2D eigenvalue weighted by molar-refractivity contribution is 5.92. The van der Waals surface area contributed by atoms with Crippen LogP contribution in [0.5, 0.6) is 0 Å². The molecule has 0 aliphatic carbocycles. The Morgan fingerprint density at radius 2 is 1.94 bits per heavy atom. The number of imidazole rings is 1. The third-order valence-electron chi connectivity index (χ3n) is 5.64. The first-order valence-electron chi connectivity index (χ1n) is 10.4. The van der Waals surface area contributed by atoms with Gasteiger partial charge in [-0.25, -0.2) is 14.1 Å². The van der Waals surface area contributed by atoms with E-state index in [9.17, 15) is 9.18 Å². The van der Waals surface area contributed by atoms with Gasteiger partial charge in [-0.1, -0.05) is 30.3 Å². The molecule has 0 bridgehead atoms. The van der Waals surface area contributed by atoms with Gasteiger partial charge in [0, 0.05) is 18.3 Å². The van der Waals surface area contributed by atoms with Gasteiger partial charge < -0.3 is 9.88 Å². The number of amides is 1. The Kier molecular flexibility index (Phi) is 5.08.